The van der Waals surface area contributed by atoms with Gasteiger partial charge >= 0.3 is 7.12 Å². The molecule has 2 rings (SSSR count). The third kappa shape index (κ3) is 2.55. The van der Waals surface area contributed by atoms with Crippen molar-refractivity contribution in [3.05, 3.63) is 29.6 Å². The predicted octanol–water partition coefficient (Wildman–Crippen LogP) is 2.18. The lowest BCUT2D eigenvalue weighted by molar-refractivity contribution is 0.00578. The Morgan fingerprint density at radius 1 is 1.16 bits per heavy atom. The summed E-state index contributed by atoms with van der Waals surface area (Å²) in [6.07, 6.45) is -0.827. The molecule has 0 spiro atoms. The van der Waals surface area contributed by atoms with Crippen LogP contribution in [0.2, 0.25) is 0 Å². The van der Waals surface area contributed by atoms with Gasteiger partial charge in [0.25, 0.3) is 0 Å². The number of aliphatic hydroxyl groups is 1. The summed E-state index contributed by atoms with van der Waals surface area (Å²) >= 11 is 0. The van der Waals surface area contributed by atoms with Crippen molar-refractivity contribution in [3.63, 3.8) is 0 Å². The smallest absolute Gasteiger partial charge is 0.399 e. The molecule has 5 heteroatoms. The lowest BCUT2D eigenvalue weighted by atomic mass is 9.78. The molecular weight excluding hydrogens is 246 g/mol. The van der Waals surface area contributed by atoms with Crippen LogP contribution in [-0.2, 0) is 9.31 Å². The maximum absolute atomic E-state index is 13.9. The summed E-state index contributed by atoms with van der Waals surface area (Å²) in [5.74, 6) is -0.442. The lowest BCUT2D eigenvalue weighted by Crippen LogP contribution is -2.41. The minimum atomic E-state index is -0.827. The SMILES string of the molecule is CC(O)c1ccc(B2OC(C)(C)C(C)(C)O2)cc1F. The number of benzene rings is 1. The van der Waals surface area contributed by atoms with Gasteiger partial charge in [-0.05, 0) is 46.1 Å². The Kier molecular flexibility index (Phi) is 3.50. The Labute approximate surface area is 113 Å². The first-order valence-electron chi connectivity index (χ1n) is 6.47. The second-order valence-electron chi connectivity index (χ2n) is 6.05. The maximum Gasteiger partial charge on any atom is 0.494 e. The topological polar surface area (TPSA) is 38.7 Å². The van der Waals surface area contributed by atoms with Crippen molar-refractivity contribution < 1.29 is 18.8 Å². The van der Waals surface area contributed by atoms with Crippen molar-refractivity contribution in [2.75, 3.05) is 0 Å². The summed E-state index contributed by atoms with van der Waals surface area (Å²) in [5.41, 5.74) is 0.00886. The molecule has 1 aliphatic rings. The molecule has 104 valence electrons. The van der Waals surface area contributed by atoms with Crippen molar-refractivity contribution in [1.82, 2.24) is 0 Å². The van der Waals surface area contributed by atoms with Crippen molar-refractivity contribution in [2.24, 2.45) is 0 Å². The van der Waals surface area contributed by atoms with Gasteiger partial charge in [0.2, 0.25) is 0 Å². The first-order chi connectivity index (χ1) is 8.64. The second kappa shape index (κ2) is 4.58. The Hall–Kier alpha value is -0.905. The minimum Gasteiger partial charge on any atom is -0.399 e. The van der Waals surface area contributed by atoms with Crippen LogP contribution in [0.4, 0.5) is 4.39 Å². The van der Waals surface area contributed by atoms with E-state index in [0.29, 0.717) is 5.46 Å². The molecule has 0 aromatic heterocycles. The van der Waals surface area contributed by atoms with E-state index in [1.54, 1.807) is 12.1 Å². The van der Waals surface area contributed by atoms with Crippen LogP contribution in [0.5, 0.6) is 0 Å². The number of hydrogen-bond acceptors (Lipinski definition) is 3. The summed E-state index contributed by atoms with van der Waals surface area (Å²) in [6.45, 7) is 9.34. The molecule has 0 bridgehead atoms. The fourth-order valence-electron chi connectivity index (χ4n) is 2.01. The molecular formula is C14H20BFO3. The Bertz CT molecular complexity index is 470. The molecule has 1 saturated heterocycles. The van der Waals surface area contributed by atoms with Crippen LogP contribution in [0.1, 0.15) is 46.3 Å². The molecule has 1 fully saturated rings. The van der Waals surface area contributed by atoms with Crippen LogP contribution in [0, 0.1) is 5.82 Å². The molecule has 0 radical (unpaired) electrons. The zero-order valence-electron chi connectivity index (χ0n) is 12.0. The molecule has 1 aliphatic heterocycles. The molecule has 19 heavy (non-hydrogen) atoms. The van der Waals surface area contributed by atoms with Gasteiger partial charge in [-0.2, -0.15) is 0 Å². The predicted molar refractivity (Wildman–Crippen MR) is 72.7 cm³/mol. The van der Waals surface area contributed by atoms with Crippen LogP contribution >= 0.6 is 0 Å². The molecule has 1 aromatic rings. The lowest BCUT2D eigenvalue weighted by Gasteiger charge is -2.32. The Morgan fingerprint density at radius 2 is 1.68 bits per heavy atom. The van der Waals surface area contributed by atoms with Crippen LogP contribution in [0.25, 0.3) is 0 Å². The van der Waals surface area contributed by atoms with E-state index < -0.39 is 30.2 Å². The number of rotatable bonds is 2. The molecule has 1 aromatic carbocycles. The summed E-state index contributed by atoms with van der Waals surface area (Å²) < 4.78 is 25.6. The van der Waals surface area contributed by atoms with Gasteiger partial charge in [0, 0.05) is 5.56 Å². The number of aliphatic hydroxyl groups excluding tert-OH is 1. The summed E-state index contributed by atoms with van der Waals surface area (Å²) in [6, 6.07) is 4.66. The molecule has 3 nitrogen and oxygen atoms in total. The Morgan fingerprint density at radius 3 is 2.11 bits per heavy atom. The summed E-state index contributed by atoms with van der Waals surface area (Å²) in [4.78, 5) is 0. The van der Waals surface area contributed by atoms with Crippen molar-refractivity contribution in [3.8, 4) is 0 Å². The summed E-state index contributed by atoms with van der Waals surface area (Å²) in [5, 5.41) is 9.42. The number of hydrogen-bond donors (Lipinski definition) is 1. The maximum atomic E-state index is 13.9. The standard InChI is InChI=1S/C14H20BFO3/c1-9(17)11-7-6-10(8-12(11)16)15-18-13(2,3)14(4,5)19-15/h6-9,17H,1-5H3. The third-order valence-electron chi connectivity index (χ3n) is 4.00. The second-order valence-corrected chi connectivity index (χ2v) is 6.05. The van der Waals surface area contributed by atoms with Crippen LogP contribution < -0.4 is 5.46 Å². The van der Waals surface area contributed by atoms with E-state index in [4.69, 9.17) is 9.31 Å². The van der Waals surface area contributed by atoms with E-state index in [2.05, 4.69) is 0 Å². The van der Waals surface area contributed by atoms with E-state index in [1.807, 2.05) is 27.7 Å². The molecule has 1 atom stereocenters. The average Bonchev–Trinajstić information content (AvgIpc) is 2.47. The van der Waals surface area contributed by atoms with Gasteiger partial charge < -0.3 is 14.4 Å². The highest BCUT2D eigenvalue weighted by Gasteiger charge is 2.51. The third-order valence-corrected chi connectivity index (χ3v) is 4.00. The largest absolute Gasteiger partial charge is 0.494 e. The summed E-state index contributed by atoms with van der Waals surface area (Å²) in [7, 11) is -0.581. The van der Waals surface area contributed by atoms with Gasteiger partial charge in [-0.15, -0.1) is 0 Å². The average molecular weight is 266 g/mol. The zero-order valence-corrected chi connectivity index (χ0v) is 12.0. The molecule has 1 unspecified atom stereocenters. The van der Waals surface area contributed by atoms with E-state index in [0.717, 1.165) is 0 Å². The highest BCUT2D eigenvalue weighted by Crippen LogP contribution is 2.36. The molecule has 0 amide bonds. The van der Waals surface area contributed by atoms with Gasteiger partial charge in [0.05, 0.1) is 17.3 Å². The fraction of sp³-hybridized carbons (Fsp3) is 0.571. The van der Waals surface area contributed by atoms with Crippen molar-refractivity contribution in [2.45, 2.75) is 51.9 Å². The van der Waals surface area contributed by atoms with Gasteiger partial charge in [-0.25, -0.2) is 4.39 Å². The van der Waals surface area contributed by atoms with E-state index in [1.165, 1.54) is 13.0 Å². The molecule has 0 aliphatic carbocycles. The number of halogens is 1. The van der Waals surface area contributed by atoms with Crippen LogP contribution in [0.15, 0.2) is 18.2 Å². The van der Waals surface area contributed by atoms with Gasteiger partial charge in [0.15, 0.2) is 0 Å². The van der Waals surface area contributed by atoms with Gasteiger partial charge in [-0.3, -0.25) is 0 Å². The van der Waals surface area contributed by atoms with Gasteiger partial charge in [0.1, 0.15) is 5.82 Å². The fourth-order valence-corrected chi connectivity index (χ4v) is 2.01. The van der Waals surface area contributed by atoms with E-state index in [9.17, 15) is 9.50 Å². The highest BCUT2D eigenvalue weighted by atomic mass is 19.1. The zero-order chi connectivity index (χ0) is 14.4. The molecule has 1 N–H and O–H groups in total. The normalized spacial score (nSPS) is 22.6. The Balaban J connectivity index is 2.28. The minimum absolute atomic E-state index is 0.278. The van der Waals surface area contributed by atoms with Crippen LogP contribution in [0.3, 0.4) is 0 Å². The van der Waals surface area contributed by atoms with Gasteiger partial charge in [-0.1, -0.05) is 12.1 Å². The quantitative estimate of drug-likeness (QED) is 0.834. The highest BCUT2D eigenvalue weighted by molar-refractivity contribution is 6.62. The monoisotopic (exact) mass is 266 g/mol. The van der Waals surface area contributed by atoms with E-state index >= 15 is 0 Å². The first-order valence-corrected chi connectivity index (χ1v) is 6.47. The molecule has 1 heterocycles. The van der Waals surface area contributed by atoms with Crippen molar-refractivity contribution >= 4 is 12.6 Å². The van der Waals surface area contributed by atoms with E-state index in [-0.39, 0.29) is 5.56 Å². The van der Waals surface area contributed by atoms with Crippen LogP contribution in [-0.4, -0.2) is 23.4 Å². The molecule has 0 saturated carbocycles. The first kappa shape index (κ1) is 14.5. The van der Waals surface area contributed by atoms with Crippen molar-refractivity contribution in [1.29, 1.82) is 0 Å².